The van der Waals surface area contributed by atoms with Crippen molar-refractivity contribution in [3.8, 4) is 17.2 Å². The first kappa shape index (κ1) is 19.7. The van der Waals surface area contributed by atoms with Gasteiger partial charge in [-0.25, -0.2) is 4.98 Å². The summed E-state index contributed by atoms with van der Waals surface area (Å²) in [6.45, 7) is 4.14. The Bertz CT molecular complexity index is 967. The Morgan fingerprint density at radius 3 is 2.43 bits per heavy atom. The van der Waals surface area contributed by atoms with Gasteiger partial charge in [0.05, 0.1) is 25.6 Å². The second-order valence-electron chi connectivity index (χ2n) is 6.14. The minimum absolute atomic E-state index is 0.247. The number of ether oxygens (including phenoxy) is 3. The summed E-state index contributed by atoms with van der Waals surface area (Å²) in [5, 5.41) is 3.61. The van der Waals surface area contributed by atoms with Crippen molar-refractivity contribution in [1.82, 2.24) is 4.98 Å². The average Bonchev–Trinajstić information content (AvgIpc) is 3.08. The van der Waals surface area contributed by atoms with Gasteiger partial charge in [0.2, 0.25) is 0 Å². The molecule has 1 heterocycles. The Hall–Kier alpha value is -3.06. The van der Waals surface area contributed by atoms with Gasteiger partial charge in [-0.1, -0.05) is 17.7 Å². The number of methoxy groups -OCH3 is 2. The van der Waals surface area contributed by atoms with Gasteiger partial charge < -0.3 is 19.5 Å². The molecule has 0 bridgehead atoms. The number of carbonyl (C=O) groups is 1. The third kappa shape index (κ3) is 4.61. The van der Waals surface area contributed by atoms with E-state index in [-0.39, 0.29) is 5.91 Å². The molecule has 0 saturated heterocycles. The maximum Gasteiger partial charge on any atom is 0.267 e. The van der Waals surface area contributed by atoms with Crippen molar-refractivity contribution < 1.29 is 19.0 Å². The van der Waals surface area contributed by atoms with E-state index in [1.165, 1.54) is 16.9 Å². The molecular weight excluding hydrogens is 376 g/mol. The SMILES string of the molecule is COc1ccc(OC)c(NC(=O)c2sc(COc3ccc(C)cc3)nc2C)c1. The summed E-state index contributed by atoms with van der Waals surface area (Å²) < 4.78 is 16.3. The van der Waals surface area contributed by atoms with Crippen LogP contribution in [0.2, 0.25) is 0 Å². The van der Waals surface area contributed by atoms with Crippen molar-refractivity contribution in [3.63, 3.8) is 0 Å². The molecule has 28 heavy (non-hydrogen) atoms. The third-order valence-corrected chi connectivity index (χ3v) is 5.21. The molecule has 2 aromatic carbocycles. The molecule has 1 aromatic heterocycles. The van der Waals surface area contributed by atoms with Crippen molar-refractivity contribution in [2.24, 2.45) is 0 Å². The van der Waals surface area contributed by atoms with Crippen molar-refractivity contribution >= 4 is 22.9 Å². The number of aromatic nitrogens is 1. The maximum atomic E-state index is 12.7. The first-order valence-electron chi connectivity index (χ1n) is 8.69. The molecule has 0 atom stereocenters. The van der Waals surface area contributed by atoms with Crippen LogP contribution in [0.25, 0.3) is 0 Å². The van der Waals surface area contributed by atoms with Gasteiger partial charge in [0.15, 0.2) is 0 Å². The number of hydrogen-bond acceptors (Lipinski definition) is 6. The Balaban J connectivity index is 1.72. The molecule has 0 aliphatic rings. The minimum Gasteiger partial charge on any atom is -0.497 e. The van der Waals surface area contributed by atoms with E-state index in [4.69, 9.17) is 14.2 Å². The van der Waals surface area contributed by atoms with E-state index in [1.54, 1.807) is 32.4 Å². The van der Waals surface area contributed by atoms with Crippen molar-refractivity contribution in [2.45, 2.75) is 20.5 Å². The molecule has 0 radical (unpaired) electrons. The predicted molar refractivity (Wildman–Crippen MR) is 110 cm³/mol. The van der Waals surface area contributed by atoms with Crippen LogP contribution in [0.3, 0.4) is 0 Å². The van der Waals surface area contributed by atoms with E-state index in [0.29, 0.717) is 34.4 Å². The lowest BCUT2D eigenvalue weighted by molar-refractivity contribution is 0.102. The van der Waals surface area contributed by atoms with E-state index in [1.807, 2.05) is 38.1 Å². The molecule has 1 amide bonds. The van der Waals surface area contributed by atoms with Crippen LogP contribution in [0.4, 0.5) is 5.69 Å². The largest absolute Gasteiger partial charge is 0.497 e. The summed E-state index contributed by atoms with van der Waals surface area (Å²) in [5.74, 6) is 1.71. The lowest BCUT2D eigenvalue weighted by atomic mass is 10.2. The molecule has 0 saturated carbocycles. The van der Waals surface area contributed by atoms with Crippen molar-refractivity contribution in [2.75, 3.05) is 19.5 Å². The van der Waals surface area contributed by atoms with Crippen LogP contribution in [0.1, 0.15) is 25.9 Å². The lowest BCUT2D eigenvalue weighted by Gasteiger charge is -2.11. The fourth-order valence-corrected chi connectivity index (χ4v) is 3.47. The number of thiazole rings is 1. The second kappa shape index (κ2) is 8.75. The van der Waals surface area contributed by atoms with Gasteiger partial charge in [0.25, 0.3) is 5.91 Å². The van der Waals surface area contributed by atoms with Crippen LogP contribution in [-0.4, -0.2) is 25.1 Å². The average molecular weight is 398 g/mol. The Kier molecular flexibility index (Phi) is 6.16. The van der Waals surface area contributed by atoms with Gasteiger partial charge in [0, 0.05) is 6.07 Å². The fraction of sp³-hybridized carbons (Fsp3) is 0.238. The molecule has 6 nitrogen and oxygen atoms in total. The highest BCUT2D eigenvalue weighted by Crippen LogP contribution is 2.30. The first-order valence-corrected chi connectivity index (χ1v) is 9.51. The summed E-state index contributed by atoms with van der Waals surface area (Å²) >= 11 is 1.31. The van der Waals surface area contributed by atoms with Gasteiger partial charge in [-0.3, -0.25) is 4.79 Å². The maximum absolute atomic E-state index is 12.7. The van der Waals surface area contributed by atoms with Crippen molar-refractivity contribution in [1.29, 1.82) is 0 Å². The second-order valence-corrected chi connectivity index (χ2v) is 7.23. The zero-order valence-corrected chi connectivity index (χ0v) is 17.1. The zero-order chi connectivity index (χ0) is 20.1. The molecular formula is C21H22N2O4S. The first-order chi connectivity index (χ1) is 13.5. The summed E-state index contributed by atoms with van der Waals surface area (Å²) in [6.07, 6.45) is 0. The fourth-order valence-electron chi connectivity index (χ4n) is 2.60. The number of aryl methyl sites for hydroxylation is 2. The summed E-state index contributed by atoms with van der Waals surface area (Å²) in [4.78, 5) is 17.7. The van der Waals surface area contributed by atoms with Crippen LogP contribution < -0.4 is 19.5 Å². The quantitative estimate of drug-likeness (QED) is 0.629. The van der Waals surface area contributed by atoms with E-state index in [0.717, 1.165) is 10.8 Å². The van der Waals surface area contributed by atoms with Crippen molar-refractivity contribution in [3.05, 3.63) is 63.6 Å². The minimum atomic E-state index is -0.247. The number of anilines is 1. The van der Waals surface area contributed by atoms with Gasteiger partial charge in [-0.2, -0.15) is 0 Å². The third-order valence-electron chi connectivity index (χ3n) is 4.09. The van der Waals surface area contributed by atoms with Crippen LogP contribution in [0.15, 0.2) is 42.5 Å². The highest BCUT2D eigenvalue weighted by Gasteiger charge is 2.18. The Morgan fingerprint density at radius 1 is 1.04 bits per heavy atom. The van der Waals surface area contributed by atoms with E-state index in [9.17, 15) is 4.79 Å². The van der Waals surface area contributed by atoms with Gasteiger partial charge >= 0.3 is 0 Å². The summed E-state index contributed by atoms with van der Waals surface area (Å²) in [6, 6.07) is 13.0. The van der Waals surface area contributed by atoms with E-state index >= 15 is 0 Å². The number of rotatable bonds is 7. The zero-order valence-electron chi connectivity index (χ0n) is 16.2. The number of carbonyl (C=O) groups excluding carboxylic acids is 1. The van der Waals surface area contributed by atoms with Crippen LogP contribution in [0.5, 0.6) is 17.2 Å². The molecule has 0 spiro atoms. The number of nitrogens with one attached hydrogen (secondary N) is 1. The smallest absolute Gasteiger partial charge is 0.267 e. The highest BCUT2D eigenvalue weighted by molar-refractivity contribution is 7.13. The number of nitrogens with zero attached hydrogens (tertiary/aromatic N) is 1. The molecule has 0 aliphatic carbocycles. The molecule has 0 unspecified atom stereocenters. The summed E-state index contributed by atoms with van der Waals surface area (Å²) in [7, 11) is 3.12. The molecule has 146 valence electrons. The van der Waals surface area contributed by atoms with E-state index < -0.39 is 0 Å². The normalized spacial score (nSPS) is 10.4. The molecule has 0 aliphatic heterocycles. The summed E-state index contributed by atoms with van der Waals surface area (Å²) in [5.41, 5.74) is 2.37. The van der Waals surface area contributed by atoms with Gasteiger partial charge in [-0.15, -0.1) is 11.3 Å². The molecule has 1 N–H and O–H groups in total. The standard InChI is InChI=1S/C21H22N2O4S/c1-13-5-7-15(8-6-13)27-12-19-22-14(2)20(28-19)21(24)23-17-11-16(25-3)9-10-18(17)26-4/h5-11H,12H2,1-4H3,(H,23,24). The van der Waals surface area contributed by atoms with Crippen LogP contribution in [-0.2, 0) is 6.61 Å². The molecule has 7 heteroatoms. The van der Waals surface area contributed by atoms with Gasteiger partial charge in [0.1, 0.15) is 33.7 Å². The van der Waals surface area contributed by atoms with E-state index in [2.05, 4.69) is 10.3 Å². The number of hydrogen-bond donors (Lipinski definition) is 1. The Labute approximate surface area is 168 Å². The van der Waals surface area contributed by atoms with Crippen LogP contribution in [0, 0.1) is 13.8 Å². The predicted octanol–water partition coefficient (Wildman–Crippen LogP) is 4.61. The topological polar surface area (TPSA) is 69.7 Å². The molecule has 0 fully saturated rings. The number of amides is 1. The monoisotopic (exact) mass is 398 g/mol. The van der Waals surface area contributed by atoms with Gasteiger partial charge in [-0.05, 0) is 38.1 Å². The number of benzene rings is 2. The highest BCUT2D eigenvalue weighted by atomic mass is 32.1. The lowest BCUT2D eigenvalue weighted by Crippen LogP contribution is -2.12. The van der Waals surface area contributed by atoms with Crippen LogP contribution >= 0.6 is 11.3 Å². The molecule has 3 aromatic rings. The molecule has 3 rings (SSSR count). The Morgan fingerprint density at radius 2 is 1.75 bits per heavy atom.